The molecule has 0 aromatic rings. The molecule has 0 radical (unpaired) electrons. The summed E-state index contributed by atoms with van der Waals surface area (Å²) in [5.74, 6) is -0.151. The molecule has 100 valence electrons. The largest absolute Gasteiger partial charge is 0.462 e. The summed E-state index contributed by atoms with van der Waals surface area (Å²) in [5.41, 5.74) is -0.0196. The van der Waals surface area contributed by atoms with E-state index in [-0.39, 0.29) is 23.5 Å². The minimum absolute atomic E-state index is 0.0196. The second-order valence-corrected chi connectivity index (χ2v) is 5.57. The molecule has 1 heterocycles. The van der Waals surface area contributed by atoms with Crippen LogP contribution in [0.5, 0.6) is 0 Å². The number of hydrogen-bond donors (Lipinski definition) is 1. The molecule has 1 aliphatic heterocycles. The Kier molecular flexibility index (Phi) is 5.40. The van der Waals surface area contributed by atoms with Gasteiger partial charge in [-0.25, -0.2) is 0 Å². The Bertz CT molecular complexity index is 251. The summed E-state index contributed by atoms with van der Waals surface area (Å²) in [6.45, 7) is 9.85. The third kappa shape index (κ3) is 4.64. The van der Waals surface area contributed by atoms with Crippen molar-refractivity contribution in [1.82, 2.24) is 5.32 Å². The van der Waals surface area contributed by atoms with E-state index in [2.05, 4.69) is 19.2 Å². The van der Waals surface area contributed by atoms with Crippen molar-refractivity contribution in [2.24, 2.45) is 5.41 Å². The molecule has 1 rings (SSSR count). The van der Waals surface area contributed by atoms with E-state index in [4.69, 9.17) is 9.47 Å². The van der Waals surface area contributed by atoms with Crippen LogP contribution in [-0.2, 0) is 14.3 Å². The van der Waals surface area contributed by atoms with E-state index < -0.39 is 0 Å². The number of carbonyl (C=O) groups is 1. The average molecular weight is 243 g/mol. The van der Waals surface area contributed by atoms with Gasteiger partial charge in [-0.05, 0) is 38.6 Å². The minimum Gasteiger partial charge on any atom is -0.462 e. The Morgan fingerprint density at radius 3 is 2.71 bits per heavy atom. The zero-order valence-corrected chi connectivity index (χ0v) is 11.4. The van der Waals surface area contributed by atoms with Crippen LogP contribution in [0, 0.1) is 5.41 Å². The van der Waals surface area contributed by atoms with Gasteiger partial charge in [0, 0.05) is 0 Å². The van der Waals surface area contributed by atoms with Crippen molar-refractivity contribution in [2.45, 2.75) is 52.7 Å². The van der Waals surface area contributed by atoms with Crippen LogP contribution in [0.2, 0.25) is 0 Å². The topological polar surface area (TPSA) is 47.6 Å². The summed E-state index contributed by atoms with van der Waals surface area (Å²) in [6.07, 6.45) is 2.35. The van der Waals surface area contributed by atoms with Gasteiger partial charge in [0.15, 0.2) is 0 Å². The van der Waals surface area contributed by atoms with Crippen LogP contribution in [0.1, 0.15) is 40.5 Å². The lowest BCUT2D eigenvalue weighted by Gasteiger charge is -2.37. The van der Waals surface area contributed by atoms with Crippen molar-refractivity contribution in [1.29, 1.82) is 0 Å². The summed E-state index contributed by atoms with van der Waals surface area (Å²) >= 11 is 0. The van der Waals surface area contributed by atoms with Crippen molar-refractivity contribution in [3.05, 3.63) is 0 Å². The third-order valence-electron chi connectivity index (χ3n) is 3.14. The lowest BCUT2D eigenvalue weighted by atomic mass is 9.77. The van der Waals surface area contributed by atoms with Gasteiger partial charge in [0.25, 0.3) is 0 Å². The molecule has 4 heteroatoms. The molecule has 17 heavy (non-hydrogen) atoms. The quantitative estimate of drug-likeness (QED) is 0.590. The fourth-order valence-corrected chi connectivity index (χ4v) is 2.12. The molecule has 1 N–H and O–H groups in total. The molecule has 1 aliphatic rings. The zero-order chi connectivity index (χ0) is 12.9. The summed E-state index contributed by atoms with van der Waals surface area (Å²) in [7, 11) is 0. The molecule has 0 spiro atoms. The first-order valence-electron chi connectivity index (χ1n) is 6.45. The van der Waals surface area contributed by atoms with Gasteiger partial charge in [0.1, 0.15) is 12.6 Å². The number of ether oxygens (including phenoxy) is 2. The van der Waals surface area contributed by atoms with Crippen molar-refractivity contribution >= 4 is 5.97 Å². The second kappa shape index (κ2) is 6.36. The van der Waals surface area contributed by atoms with Crippen molar-refractivity contribution in [3.63, 3.8) is 0 Å². The van der Waals surface area contributed by atoms with E-state index in [1.807, 2.05) is 13.8 Å². The van der Waals surface area contributed by atoms with Gasteiger partial charge in [-0.2, -0.15) is 0 Å². The normalized spacial score (nSPS) is 23.7. The lowest BCUT2D eigenvalue weighted by molar-refractivity contribution is -0.152. The predicted molar refractivity (Wildman–Crippen MR) is 66.9 cm³/mol. The molecule has 1 saturated heterocycles. The average Bonchev–Trinajstić information content (AvgIpc) is 2.23. The maximum Gasteiger partial charge on any atom is 0.323 e. The van der Waals surface area contributed by atoms with E-state index in [0.29, 0.717) is 13.2 Å². The van der Waals surface area contributed by atoms with Crippen LogP contribution >= 0.6 is 0 Å². The van der Waals surface area contributed by atoms with Gasteiger partial charge in [0.05, 0.1) is 12.7 Å². The lowest BCUT2D eigenvalue weighted by Crippen LogP contribution is -2.52. The molecule has 1 atom stereocenters. The van der Waals surface area contributed by atoms with E-state index in [0.717, 1.165) is 19.4 Å². The monoisotopic (exact) mass is 243 g/mol. The highest BCUT2D eigenvalue weighted by Crippen LogP contribution is 2.30. The Labute approximate surface area is 104 Å². The first-order chi connectivity index (χ1) is 7.93. The molecule has 0 amide bonds. The van der Waals surface area contributed by atoms with Crippen LogP contribution in [0.4, 0.5) is 0 Å². The summed E-state index contributed by atoms with van der Waals surface area (Å²) in [5, 5.41) is 3.24. The fraction of sp³-hybridized carbons (Fsp3) is 0.923. The SMILES string of the molecule is CC(C)OCCOC(=O)C1NCCCC1(C)C. The Balaban J connectivity index is 2.31. The molecule has 4 nitrogen and oxygen atoms in total. The number of piperidine rings is 1. The highest BCUT2D eigenvalue weighted by Gasteiger charge is 2.38. The van der Waals surface area contributed by atoms with Gasteiger partial charge in [-0.15, -0.1) is 0 Å². The molecule has 0 aliphatic carbocycles. The molecule has 0 aromatic carbocycles. The van der Waals surface area contributed by atoms with Gasteiger partial charge in [0.2, 0.25) is 0 Å². The van der Waals surface area contributed by atoms with Gasteiger partial charge in [-0.1, -0.05) is 13.8 Å². The number of carbonyl (C=O) groups excluding carboxylic acids is 1. The number of nitrogens with one attached hydrogen (secondary N) is 1. The van der Waals surface area contributed by atoms with Crippen molar-refractivity contribution in [3.8, 4) is 0 Å². The number of hydrogen-bond acceptors (Lipinski definition) is 4. The molecule has 1 fully saturated rings. The van der Waals surface area contributed by atoms with Crippen LogP contribution in [0.3, 0.4) is 0 Å². The van der Waals surface area contributed by atoms with Crippen molar-refractivity contribution in [2.75, 3.05) is 19.8 Å². The van der Waals surface area contributed by atoms with E-state index in [1.54, 1.807) is 0 Å². The maximum absolute atomic E-state index is 11.9. The fourth-order valence-electron chi connectivity index (χ4n) is 2.12. The highest BCUT2D eigenvalue weighted by atomic mass is 16.6. The van der Waals surface area contributed by atoms with Gasteiger partial charge < -0.3 is 14.8 Å². The molecule has 0 saturated carbocycles. The van der Waals surface area contributed by atoms with Gasteiger partial charge >= 0.3 is 5.97 Å². The Morgan fingerprint density at radius 2 is 2.12 bits per heavy atom. The smallest absolute Gasteiger partial charge is 0.323 e. The first kappa shape index (κ1) is 14.5. The zero-order valence-electron chi connectivity index (χ0n) is 11.4. The number of esters is 1. The predicted octanol–water partition coefficient (Wildman–Crippen LogP) is 1.73. The van der Waals surface area contributed by atoms with Gasteiger partial charge in [-0.3, -0.25) is 4.79 Å². The summed E-state index contributed by atoms with van der Waals surface area (Å²) in [4.78, 5) is 11.9. The molecular weight excluding hydrogens is 218 g/mol. The first-order valence-corrected chi connectivity index (χ1v) is 6.45. The standard InChI is InChI=1S/C13H25NO3/c1-10(2)16-8-9-17-12(15)11-13(3,4)6-5-7-14-11/h10-11,14H,5-9H2,1-4H3. The van der Waals surface area contributed by atoms with Crippen molar-refractivity contribution < 1.29 is 14.3 Å². The minimum atomic E-state index is -0.185. The molecule has 0 bridgehead atoms. The second-order valence-electron chi connectivity index (χ2n) is 5.57. The summed E-state index contributed by atoms with van der Waals surface area (Å²) < 4.78 is 10.6. The Hall–Kier alpha value is -0.610. The summed E-state index contributed by atoms with van der Waals surface area (Å²) in [6, 6.07) is -0.185. The highest BCUT2D eigenvalue weighted by molar-refractivity contribution is 5.77. The third-order valence-corrected chi connectivity index (χ3v) is 3.14. The van der Waals surface area contributed by atoms with Crippen LogP contribution in [-0.4, -0.2) is 37.9 Å². The van der Waals surface area contributed by atoms with Crippen LogP contribution in [0.25, 0.3) is 0 Å². The number of rotatable bonds is 5. The molecular formula is C13H25NO3. The van der Waals surface area contributed by atoms with E-state index >= 15 is 0 Å². The molecule has 1 unspecified atom stereocenters. The maximum atomic E-state index is 11.9. The molecule has 0 aromatic heterocycles. The van der Waals surface area contributed by atoms with E-state index in [1.165, 1.54) is 0 Å². The Morgan fingerprint density at radius 1 is 1.41 bits per heavy atom. The van der Waals surface area contributed by atoms with Crippen LogP contribution in [0.15, 0.2) is 0 Å². The van der Waals surface area contributed by atoms with E-state index in [9.17, 15) is 4.79 Å². The van der Waals surface area contributed by atoms with Crippen LogP contribution < -0.4 is 5.32 Å².